The number of fused-ring (bicyclic) bond motifs is 1. The Bertz CT molecular complexity index is 1250. The summed E-state index contributed by atoms with van der Waals surface area (Å²) >= 11 is 0. The number of rotatable bonds is 6. The number of piperazine rings is 1. The van der Waals surface area contributed by atoms with Crippen molar-refractivity contribution in [3.8, 4) is 0 Å². The lowest BCUT2D eigenvalue weighted by Gasteiger charge is -2.31. The number of hydrogen-bond acceptors (Lipinski definition) is 4. The molecule has 1 heterocycles. The highest BCUT2D eigenvalue weighted by atomic mass is 32.2. The average Bonchev–Trinajstić information content (AvgIpc) is 3.61. The van der Waals surface area contributed by atoms with E-state index in [9.17, 15) is 13.2 Å². The summed E-state index contributed by atoms with van der Waals surface area (Å²) in [6, 6.07) is 21.6. The second-order valence-corrected chi connectivity index (χ2v) is 11.0. The fourth-order valence-electron chi connectivity index (χ4n) is 4.66. The van der Waals surface area contributed by atoms with Crippen molar-refractivity contribution >= 4 is 26.6 Å². The van der Waals surface area contributed by atoms with Crippen LogP contribution in [0.2, 0.25) is 0 Å². The molecule has 1 aliphatic carbocycles. The molecule has 1 aliphatic heterocycles. The first-order chi connectivity index (χ1) is 15.4. The fourth-order valence-corrected chi connectivity index (χ4v) is 6.09. The van der Waals surface area contributed by atoms with E-state index in [0.717, 1.165) is 36.0 Å². The van der Waals surface area contributed by atoms with E-state index in [-0.39, 0.29) is 17.6 Å². The van der Waals surface area contributed by atoms with Crippen LogP contribution in [0.3, 0.4) is 0 Å². The number of carbonyl (C=O) groups excluding carboxylic acids is 1. The van der Waals surface area contributed by atoms with Crippen LogP contribution in [0.5, 0.6) is 0 Å². The van der Waals surface area contributed by atoms with Gasteiger partial charge in [0, 0.05) is 38.5 Å². The summed E-state index contributed by atoms with van der Waals surface area (Å²) in [5, 5.41) is 2.34. The van der Waals surface area contributed by atoms with Crippen LogP contribution >= 0.6 is 0 Å². The van der Waals surface area contributed by atoms with Gasteiger partial charge >= 0.3 is 0 Å². The molecule has 2 fully saturated rings. The Morgan fingerprint density at radius 1 is 0.906 bits per heavy atom. The summed E-state index contributed by atoms with van der Waals surface area (Å²) in [4.78, 5) is 15.3. The van der Waals surface area contributed by atoms with Crippen LogP contribution in [0.15, 0.2) is 71.6 Å². The van der Waals surface area contributed by atoms with Gasteiger partial charge in [-0.25, -0.2) is 8.42 Å². The lowest BCUT2D eigenvalue weighted by atomic mass is 10.00. The molecule has 2 atom stereocenters. The van der Waals surface area contributed by atoms with Crippen LogP contribution in [0.4, 0.5) is 0 Å². The summed E-state index contributed by atoms with van der Waals surface area (Å²) in [5.41, 5.74) is 2.10. The van der Waals surface area contributed by atoms with Crippen molar-refractivity contribution in [2.24, 2.45) is 5.92 Å². The van der Waals surface area contributed by atoms with E-state index in [0.29, 0.717) is 24.4 Å². The summed E-state index contributed by atoms with van der Waals surface area (Å²) in [6.45, 7) is 2.55. The quantitative estimate of drug-likeness (QED) is 0.577. The molecule has 166 valence electrons. The van der Waals surface area contributed by atoms with Crippen LogP contribution < -0.4 is 0 Å². The number of carbonyl (C=O) groups is 1. The molecule has 0 aromatic heterocycles. The Balaban J connectivity index is 1.23. The van der Waals surface area contributed by atoms with E-state index < -0.39 is 10.0 Å². The molecule has 5 rings (SSSR count). The molecule has 1 saturated carbocycles. The van der Waals surface area contributed by atoms with Crippen molar-refractivity contribution in [3.63, 3.8) is 0 Å². The molecule has 1 saturated heterocycles. The van der Waals surface area contributed by atoms with Gasteiger partial charge < -0.3 is 4.90 Å². The van der Waals surface area contributed by atoms with Crippen molar-refractivity contribution in [1.82, 2.24) is 9.21 Å². The number of Topliss-reactive ketones (excluding diaryl/α,β-unsaturated/α-hetero) is 1. The maximum absolute atomic E-state index is 12.9. The molecule has 0 radical (unpaired) electrons. The van der Waals surface area contributed by atoms with Crippen molar-refractivity contribution in [2.75, 3.05) is 33.2 Å². The molecule has 3 aromatic carbocycles. The highest BCUT2D eigenvalue weighted by molar-refractivity contribution is 7.89. The van der Waals surface area contributed by atoms with E-state index in [1.165, 1.54) is 5.39 Å². The molecule has 0 N–H and O–H groups in total. The van der Waals surface area contributed by atoms with Crippen molar-refractivity contribution in [3.05, 3.63) is 77.9 Å². The Hall–Kier alpha value is -2.54. The number of nitrogens with zero attached hydrogens (tertiary/aromatic N) is 2. The van der Waals surface area contributed by atoms with Gasteiger partial charge in [-0.1, -0.05) is 54.6 Å². The molecule has 0 spiro atoms. The van der Waals surface area contributed by atoms with Gasteiger partial charge in [-0.15, -0.1) is 0 Å². The maximum atomic E-state index is 12.9. The second-order valence-electron chi connectivity index (χ2n) is 9.05. The molecular formula is C26H28N2O3S. The second kappa shape index (κ2) is 8.43. The third-order valence-corrected chi connectivity index (χ3v) is 8.72. The smallest absolute Gasteiger partial charge is 0.243 e. The van der Waals surface area contributed by atoms with Crippen molar-refractivity contribution in [1.29, 1.82) is 0 Å². The van der Waals surface area contributed by atoms with E-state index in [1.807, 2.05) is 37.4 Å². The zero-order valence-electron chi connectivity index (χ0n) is 18.3. The standard InChI is InChI=1S/C26H28N2O3S/c1-27-12-14-28(15-13-27)32(30,31)23-10-8-21(9-11-23)24-18-25(24)26(29)17-19-6-7-20-4-2-3-5-22(20)16-19/h2-11,16,24-25H,12-15,17-18H2,1H3/t24?,25-/m1/s1. The Kier molecular flexibility index (Phi) is 5.61. The van der Waals surface area contributed by atoms with Gasteiger partial charge in [-0.2, -0.15) is 4.31 Å². The lowest BCUT2D eigenvalue weighted by Crippen LogP contribution is -2.46. The zero-order valence-corrected chi connectivity index (χ0v) is 19.1. The number of sulfonamides is 1. The van der Waals surface area contributed by atoms with Gasteiger partial charge in [0.1, 0.15) is 5.78 Å². The van der Waals surface area contributed by atoms with Gasteiger partial charge in [-0.05, 0) is 53.4 Å². The van der Waals surface area contributed by atoms with E-state index >= 15 is 0 Å². The van der Waals surface area contributed by atoms with Crippen LogP contribution in [-0.4, -0.2) is 56.6 Å². The molecule has 32 heavy (non-hydrogen) atoms. The molecular weight excluding hydrogens is 420 g/mol. The molecule has 6 heteroatoms. The number of ketones is 1. The minimum atomic E-state index is -3.46. The molecule has 0 amide bonds. The van der Waals surface area contributed by atoms with Gasteiger partial charge in [-0.3, -0.25) is 4.79 Å². The number of benzene rings is 3. The topological polar surface area (TPSA) is 57.7 Å². The molecule has 5 nitrogen and oxygen atoms in total. The number of hydrogen-bond donors (Lipinski definition) is 0. The molecule has 3 aromatic rings. The Labute approximate surface area is 189 Å². The minimum Gasteiger partial charge on any atom is -0.304 e. The first kappa shape index (κ1) is 21.3. The molecule has 2 aliphatic rings. The zero-order chi connectivity index (χ0) is 22.3. The van der Waals surface area contributed by atoms with Gasteiger partial charge in [0.05, 0.1) is 4.90 Å². The minimum absolute atomic E-state index is 0.0292. The van der Waals surface area contributed by atoms with Crippen LogP contribution in [0.1, 0.15) is 23.5 Å². The van der Waals surface area contributed by atoms with Crippen LogP contribution in [0, 0.1) is 5.92 Å². The third kappa shape index (κ3) is 4.22. The summed E-state index contributed by atoms with van der Waals surface area (Å²) < 4.78 is 27.4. The fraction of sp³-hybridized carbons (Fsp3) is 0.346. The third-order valence-electron chi connectivity index (χ3n) is 6.80. The van der Waals surface area contributed by atoms with Crippen molar-refractivity contribution < 1.29 is 13.2 Å². The lowest BCUT2D eigenvalue weighted by molar-refractivity contribution is -0.119. The predicted molar refractivity (Wildman–Crippen MR) is 126 cm³/mol. The van der Waals surface area contributed by atoms with Gasteiger partial charge in [0.25, 0.3) is 0 Å². The largest absolute Gasteiger partial charge is 0.304 e. The summed E-state index contributed by atoms with van der Waals surface area (Å²) in [7, 11) is -1.45. The first-order valence-corrected chi connectivity index (χ1v) is 12.6. The van der Waals surface area contributed by atoms with E-state index in [1.54, 1.807) is 16.4 Å². The van der Waals surface area contributed by atoms with Gasteiger partial charge in [0.15, 0.2) is 0 Å². The molecule has 1 unspecified atom stereocenters. The first-order valence-electron chi connectivity index (χ1n) is 11.2. The normalized spacial score (nSPS) is 22.2. The summed E-state index contributed by atoms with van der Waals surface area (Å²) in [5.74, 6) is 0.490. The summed E-state index contributed by atoms with van der Waals surface area (Å²) in [6.07, 6.45) is 1.29. The van der Waals surface area contributed by atoms with Gasteiger partial charge in [0.2, 0.25) is 10.0 Å². The Morgan fingerprint density at radius 2 is 1.59 bits per heavy atom. The average molecular weight is 449 g/mol. The van der Waals surface area contributed by atoms with Crippen LogP contribution in [0.25, 0.3) is 10.8 Å². The SMILES string of the molecule is CN1CCN(S(=O)(=O)c2ccc(C3C[C@H]3C(=O)Cc3ccc4ccccc4c3)cc2)CC1. The Morgan fingerprint density at radius 3 is 2.31 bits per heavy atom. The highest BCUT2D eigenvalue weighted by Crippen LogP contribution is 2.48. The molecule has 0 bridgehead atoms. The maximum Gasteiger partial charge on any atom is 0.243 e. The monoisotopic (exact) mass is 448 g/mol. The van der Waals surface area contributed by atoms with Crippen LogP contribution in [-0.2, 0) is 21.2 Å². The van der Waals surface area contributed by atoms with E-state index in [2.05, 4.69) is 29.2 Å². The van der Waals surface area contributed by atoms with Crippen molar-refractivity contribution in [2.45, 2.75) is 23.7 Å². The van der Waals surface area contributed by atoms with E-state index in [4.69, 9.17) is 0 Å². The number of likely N-dealkylation sites (N-methyl/N-ethyl adjacent to an activating group) is 1. The predicted octanol–water partition coefficient (Wildman–Crippen LogP) is 3.69. The highest BCUT2D eigenvalue weighted by Gasteiger charge is 2.43.